The number of benzene rings is 1. The number of nitrogen functional groups attached to an aromatic ring is 1. The largest absolute Gasteiger partial charge is 0.380 e. The van der Waals surface area contributed by atoms with E-state index in [0.717, 1.165) is 18.0 Å². The zero-order valence-electron chi connectivity index (χ0n) is 10.8. The number of nitrogens with two attached hydrogens (primary N) is 1. The maximum Gasteiger partial charge on any atom is 0.180 e. The zero-order valence-corrected chi connectivity index (χ0v) is 12.4. The Balaban J connectivity index is 0.00000180. The number of hydrogen-bond acceptors (Lipinski definition) is 5. The second kappa shape index (κ2) is 8.12. The topological polar surface area (TPSA) is 60.2 Å². The Labute approximate surface area is 123 Å². The van der Waals surface area contributed by atoms with E-state index >= 15 is 0 Å². The van der Waals surface area contributed by atoms with Gasteiger partial charge in [-0.3, -0.25) is 0 Å². The molecule has 104 valence electrons. The number of anilines is 1. The Morgan fingerprint density at radius 1 is 1.26 bits per heavy atom. The second-order valence-electron chi connectivity index (χ2n) is 3.97. The molecular formula is C13H18ClN3OS. The van der Waals surface area contributed by atoms with E-state index in [0.29, 0.717) is 11.7 Å². The lowest BCUT2D eigenvalue weighted by molar-refractivity contribution is 0.184. The molecule has 1 heterocycles. The van der Waals surface area contributed by atoms with E-state index in [9.17, 15) is 0 Å². The van der Waals surface area contributed by atoms with E-state index in [1.807, 2.05) is 18.3 Å². The summed E-state index contributed by atoms with van der Waals surface area (Å²) in [6.45, 7) is 2.25. The number of thiazole rings is 1. The molecule has 0 aliphatic carbocycles. The molecule has 0 aliphatic heterocycles. The van der Waals surface area contributed by atoms with Gasteiger partial charge in [-0.2, -0.15) is 0 Å². The van der Waals surface area contributed by atoms with Crippen LogP contribution in [0.3, 0.4) is 0 Å². The first kappa shape index (κ1) is 15.9. The fourth-order valence-electron chi connectivity index (χ4n) is 1.75. The summed E-state index contributed by atoms with van der Waals surface area (Å²) in [5.41, 5.74) is 8.07. The molecule has 19 heavy (non-hydrogen) atoms. The standard InChI is InChI=1S/C13H17N3OS.ClH/c1-17-9-11-5-3-2-4-10(11)6-15-7-12-8-16-13(14)18-12;/h2-5,8,15H,6-7,9H2,1H3,(H2,14,16);1H. The van der Waals surface area contributed by atoms with Crippen molar-refractivity contribution in [1.29, 1.82) is 0 Å². The molecule has 2 aromatic rings. The normalized spacial score (nSPS) is 10.2. The molecule has 0 aliphatic rings. The summed E-state index contributed by atoms with van der Waals surface area (Å²) in [6, 6.07) is 8.27. The van der Waals surface area contributed by atoms with Crippen LogP contribution in [0.2, 0.25) is 0 Å². The van der Waals surface area contributed by atoms with E-state index < -0.39 is 0 Å². The summed E-state index contributed by atoms with van der Waals surface area (Å²) in [4.78, 5) is 5.18. The molecule has 0 amide bonds. The highest BCUT2D eigenvalue weighted by molar-refractivity contribution is 7.15. The molecule has 1 aromatic heterocycles. The molecule has 0 radical (unpaired) electrons. The van der Waals surface area contributed by atoms with E-state index in [-0.39, 0.29) is 12.4 Å². The average molecular weight is 300 g/mol. The maximum atomic E-state index is 5.59. The molecule has 0 bridgehead atoms. The Morgan fingerprint density at radius 2 is 2.00 bits per heavy atom. The predicted octanol–water partition coefficient (Wildman–Crippen LogP) is 2.58. The van der Waals surface area contributed by atoms with Crippen molar-refractivity contribution in [2.45, 2.75) is 19.7 Å². The van der Waals surface area contributed by atoms with Gasteiger partial charge in [0.25, 0.3) is 0 Å². The lowest BCUT2D eigenvalue weighted by Crippen LogP contribution is -2.13. The first-order chi connectivity index (χ1) is 8.79. The first-order valence-corrected chi connectivity index (χ1v) is 6.58. The molecular weight excluding hydrogens is 282 g/mol. The minimum Gasteiger partial charge on any atom is -0.380 e. The number of nitrogens with one attached hydrogen (secondary N) is 1. The van der Waals surface area contributed by atoms with Crippen LogP contribution in [0.4, 0.5) is 5.13 Å². The molecule has 0 saturated carbocycles. The van der Waals surface area contributed by atoms with Gasteiger partial charge < -0.3 is 15.8 Å². The number of nitrogens with zero attached hydrogens (tertiary/aromatic N) is 1. The van der Waals surface area contributed by atoms with Gasteiger partial charge in [0.05, 0.1) is 6.61 Å². The van der Waals surface area contributed by atoms with E-state index in [1.54, 1.807) is 7.11 Å². The highest BCUT2D eigenvalue weighted by Crippen LogP contribution is 2.14. The van der Waals surface area contributed by atoms with E-state index in [2.05, 4.69) is 22.4 Å². The maximum absolute atomic E-state index is 5.59. The second-order valence-corrected chi connectivity index (χ2v) is 5.12. The van der Waals surface area contributed by atoms with Crippen molar-refractivity contribution in [3.05, 3.63) is 46.5 Å². The average Bonchev–Trinajstić information content (AvgIpc) is 2.78. The van der Waals surface area contributed by atoms with Gasteiger partial charge in [0, 0.05) is 31.3 Å². The van der Waals surface area contributed by atoms with Crippen LogP contribution in [0, 0.1) is 0 Å². The summed E-state index contributed by atoms with van der Waals surface area (Å²) in [5, 5.41) is 4.01. The van der Waals surface area contributed by atoms with Gasteiger partial charge in [0.2, 0.25) is 0 Å². The number of halogens is 1. The number of ether oxygens (including phenoxy) is 1. The van der Waals surface area contributed by atoms with E-state index in [1.165, 1.54) is 22.5 Å². The molecule has 2 rings (SSSR count). The monoisotopic (exact) mass is 299 g/mol. The Kier molecular flexibility index (Phi) is 6.80. The Hall–Kier alpha value is -1.14. The lowest BCUT2D eigenvalue weighted by Gasteiger charge is -2.09. The van der Waals surface area contributed by atoms with Gasteiger partial charge in [-0.15, -0.1) is 23.7 Å². The van der Waals surface area contributed by atoms with Gasteiger partial charge in [0.1, 0.15) is 0 Å². The summed E-state index contributed by atoms with van der Waals surface area (Å²) < 4.78 is 5.18. The molecule has 0 saturated heterocycles. The fourth-order valence-corrected chi connectivity index (χ4v) is 2.40. The smallest absolute Gasteiger partial charge is 0.180 e. The zero-order chi connectivity index (χ0) is 12.8. The SMILES string of the molecule is COCc1ccccc1CNCc1cnc(N)s1.Cl. The summed E-state index contributed by atoms with van der Waals surface area (Å²) in [5.74, 6) is 0. The van der Waals surface area contributed by atoms with Gasteiger partial charge in [-0.1, -0.05) is 24.3 Å². The molecule has 1 aromatic carbocycles. The highest BCUT2D eigenvalue weighted by Gasteiger charge is 2.02. The number of methoxy groups -OCH3 is 1. The van der Waals surface area contributed by atoms with Crippen LogP contribution in [-0.2, 0) is 24.4 Å². The van der Waals surface area contributed by atoms with Crippen LogP contribution in [0.1, 0.15) is 16.0 Å². The summed E-state index contributed by atoms with van der Waals surface area (Å²) in [6.07, 6.45) is 1.81. The third-order valence-corrected chi connectivity index (χ3v) is 3.43. The van der Waals surface area contributed by atoms with Crippen molar-refractivity contribution < 1.29 is 4.74 Å². The first-order valence-electron chi connectivity index (χ1n) is 5.76. The third-order valence-electron chi connectivity index (χ3n) is 2.60. The van der Waals surface area contributed by atoms with Crippen molar-refractivity contribution in [1.82, 2.24) is 10.3 Å². The molecule has 0 spiro atoms. The molecule has 3 N–H and O–H groups in total. The minimum atomic E-state index is 0. The third kappa shape index (κ3) is 4.80. The Morgan fingerprint density at radius 3 is 2.63 bits per heavy atom. The molecule has 6 heteroatoms. The number of rotatable bonds is 6. The van der Waals surface area contributed by atoms with Crippen molar-refractivity contribution in [3.8, 4) is 0 Å². The minimum absolute atomic E-state index is 0. The molecule has 0 unspecified atom stereocenters. The highest BCUT2D eigenvalue weighted by atomic mass is 35.5. The van der Waals surface area contributed by atoms with Gasteiger partial charge >= 0.3 is 0 Å². The van der Waals surface area contributed by atoms with E-state index in [4.69, 9.17) is 10.5 Å². The van der Waals surface area contributed by atoms with Crippen molar-refractivity contribution >= 4 is 28.9 Å². The van der Waals surface area contributed by atoms with Crippen LogP contribution < -0.4 is 11.1 Å². The Bertz CT molecular complexity index is 504. The predicted molar refractivity (Wildman–Crippen MR) is 81.5 cm³/mol. The van der Waals surface area contributed by atoms with Crippen LogP contribution in [-0.4, -0.2) is 12.1 Å². The number of hydrogen-bond donors (Lipinski definition) is 2. The molecule has 0 fully saturated rings. The lowest BCUT2D eigenvalue weighted by atomic mass is 10.1. The van der Waals surface area contributed by atoms with Crippen LogP contribution >= 0.6 is 23.7 Å². The fraction of sp³-hybridized carbons (Fsp3) is 0.308. The molecule has 0 atom stereocenters. The van der Waals surface area contributed by atoms with Gasteiger partial charge in [-0.25, -0.2) is 4.98 Å². The summed E-state index contributed by atoms with van der Waals surface area (Å²) in [7, 11) is 1.71. The molecule has 4 nitrogen and oxygen atoms in total. The van der Waals surface area contributed by atoms with Crippen molar-refractivity contribution in [2.75, 3.05) is 12.8 Å². The van der Waals surface area contributed by atoms with Crippen LogP contribution in [0.5, 0.6) is 0 Å². The number of aromatic nitrogens is 1. The van der Waals surface area contributed by atoms with Crippen LogP contribution in [0.25, 0.3) is 0 Å². The van der Waals surface area contributed by atoms with Gasteiger partial charge in [-0.05, 0) is 11.1 Å². The van der Waals surface area contributed by atoms with Gasteiger partial charge in [0.15, 0.2) is 5.13 Å². The van der Waals surface area contributed by atoms with Crippen molar-refractivity contribution in [3.63, 3.8) is 0 Å². The van der Waals surface area contributed by atoms with Crippen molar-refractivity contribution in [2.24, 2.45) is 0 Å². The van der Waals surface area contributed by atoms with Crippen LogP contribution in [0.15, 0.2) is 30.5 Å². The summed E-state index contributed by atoms with van der Waals surface area (Å²) >= 11 is 1.52. The quantitative estimate of drug-likeness (QED) is 0.861.